The SMILES string of the molecule is CCOc1cc(CCCl)cc(NC(=O)c2cc(Cl)cc(N=NC(C(C)=O)C(=O)Nc3ccc(NC(=O)C(N=Nc4cc(Cl)cc(C(=O)Nc5cc(CCCl)cc(OCC)c5)c4)C(C)=O)c(CCl)c3)c2)c1. The first-order chi connectivity index (χ1) is 33.5. The fourth-order valence-corrected chi connectivity index (χ4v) is 7.72. The van der Waals surface area contributed by atoms with Crippen LogP contribution in [0.1, 0.15) is 65.1 Å². The second kappa shape index (κ2) is 26.5. The molecule has 0 saturated carbocycles. The van der Waals surface area contributed by atoms with Crippen molar-refractivity contribution in [2.24, 2.45) is 20.5 Å². The smallest absolute Gasteiger partial charge is 0.258 e. The first-order valence-corrected chi connectivity index (χ1v) is 23.9. The summed E-state index contributed by atoms with van der Waals surface area (Å²) >= 11 is 30.8. The number of carbonyl (C=O) groups is 6. The zero-order valence-corrected chi connectivity index (χ0v) is 42.0. The molecule has 0 radical (unpaired) electrons. The minimum atomic E-state index is -1.63. The van der Waals surface area contributed by atoms with Crippen LogP contribution in [0.25, 0.3) is 0 Å². The number of benzene rings is 5. The summed E-state index contributed by atoms with van der Waals surface area (Å²) in [5, 5.41) is 27.3. The van der Waals surface area contributed by atoms with Gasteiger partial charge in [0.1, 0.15) is 11.5 Å². The molecule has 5 rings (SSSR count). The molecular formula is C49H47Cl5N8O8. The number of rotatable bonds is 23. The summed E-state index contributed by atoms with van der Waals surface area (Å²) in [6.45, 7) is 6.85. The number of ether oxygens (including phenoxy) is 2. The lowest BCUT2D eigenvalue weighted by Crippen LogP contribution is -2.32. The summed E-state index contributed by atoms with van der Waals surface area (Å²) in [4.78, 5) is 78.9. The van der Waals surface area contributed by atoms with Gasteiger partial charge < -0.3 is 30.7 Å². The average Bonchev–Trinajstić information content (AvgIpc) is 3.29. The standard InChI is InChI=1S/C49H47Cl5N8O8/c1-5-69-41-15-29(9-11-50)13-37(24-41)56-46(65)31-17-34(53)22-39(19-31)59-61-44(27(3)63)48(67)55-36-7-8-43(33(21-36)26-52)58-49(68)45(28(4)64)62-60-40-20-32(18-35(54)23-40)47(66)57-38-14-30(10-12-51)16-42(25-38)70-6-2/h7-8,13-25,44-45H,5-6,9-12,26H2,1-4H3,(H,55,67)(H,56,65)(H,57,66)(H,58,68). The molecule has 366 valence electrons. The van der Waals surface area contributed by atoms with Crippen molar-refractivity contribution < 1.29 is 38.2 Å². The molecule has 5 aromatic carbocycles. The minimum absolute atomic E-state index is 0.0884. The van der Waals surface area contributed by atoms with E-state index in [9.17, 15) is 28.8 Å². The third-order valence-electron chi connectivity index (χ3n) is 9.74. The van der Waals surface area contributed by atoms with Gasteiger partial charge in [0, 0.05) is 73.7 Å². The maximum Gasteiger partial charge on any atom is 0.258 e. The number of amides is 4. The Morgan fingerprint density at radius 1 is 0.543 bits per heavy atom. The monoisotopic (exact) mass is 1050 g/mol. The molecule has 0 spiro atoms. The molecule has 4 N–H and O–H groups in total. The molecule has 0 aliphatic heterocycles. The normalized spacial score (nSPS) is 12.0. The number of aryl methyl sites for hydroxylation is 2. The Labute approximate surface area is 428 Å². The van der Waals surface area contributed by atoms with E-state index in [1.807, 2.05) is 26.0 Å². The second-order valence-corrected chi connectivity index (χ2v) is 17.1. The Kier molecular flexibility index (Phi) is 20.7. The molecule has 21 heteroatoms. The Balaban J connectivity index is 1.26. The van der Waals surface area contributed by atoms with Gasteiger partial charge in [0.2, 0.25) is 12.1 Å². The van der Waals surface area contributed by atoms with Gasteiger partial charge in [-0.3, -0.25) is 28.8 Å². The highest BCUT2D eigenvalue weighted by Gasteiger charge is 2.26. The molecule has 2 unspecified atom stereocenters. The fourth-order valence-electron chi connectivity index (χ4n) is 6.61. The van der Waals surface area contributed by atoms with Crippen LogP contribution in [0.15, 0.2) is 111 Å². The Morgan fingerprint density at radius 2 is 1.00 bits per heavy atom. The molecule has 0 fully saturated rings. The molecule has 0 aliphatic rings. The van der Waals surface area contributed by atoms with Gasteiger partial charge in [-0.1, -0.05) is 23.2 Å². The lowest BCUT2D eigenvalue weighted by atomic mass is 10.1. The Morgan fingerprint density at radius 3 is 1.41 bits per heavy atom. The number of hydrogen-bond donors (Lipinski definition) is 4. The van der Waals surface area contributed by atoms with E-state index in [0.717, 1.165) is 25.0 Å². The third-order valence-corrected chi connectivity index (χ3v) is 10.8. The second-order valence-electron chi connectivity index (χ2n) is 15.2. The van der Waals surface area contributed by atoms with Gasteiger partial charge in [0.05, 0.1) is 24.6 Å². The number of Topliss-reactive ketones (excluding diaryl/α,β-unsaturated/α-hetero) is 2. The molecule has 4 amide bonds. The van der Waals surface area contributed by atoms with E-state index in [-0.39, 0.29) is 49.8 Å². The van der Waals surface area contributed by atoms with Crippen LogP contribution in [-0.4, -0.2) is 72.3 Å². The summed E-state index contributed by atoms with van der Waals surface area (Å²) < 4.78 is 11.3. The van der Waals surface area contributed by atoms with Crippen molar-refractivity contribution in [2.75, 3.05) is 46.2 Å². The molecule has 16 nitrogen and oxygen atoms in total. The molecule has 5 aromatic rings. The van der Waals surface area contributed by atoms with Crippen molar-refractivity contribution in [1.82, 2.24) is 0 Å². The zero-order valence-electron chi connectivity index (χ0n) is 38.2. The first-order valence-electron chi connectivity index (χ1n) is 21.5. The van der Waals surface area contributed by atoms with Crippen LogP contribution in [0.5, 0.6) is 11.5 Å². The van der Waals surface area contributed by atoms with Gasteiger partial charge in [-0.15, -0.1) is 34.8 Å². The number of carbonyl (C=O) groups excluding carboxylic acids is 6. The zero-order chi connectivity index (χ0) is 50.9. The van der Waals surface area contributed by atoms with Crippen molar-refractivity contribution in [3.63, 3.8) is 0 Å². The number of azo groups is 2. The van der Waals surface area contributed by atoms with Crippen molar-refractivity contribution in [2.45, 2.75) is 58.5 Å². The van der Waals surface area contributed by atoms with Gasteiger partial charge in [0.15, 0.2) is 11.6 Å². The van der Waals surface area contributed by atoms with Crippen LogP contribution in [0, 0.1) is 0 Å². The number of ketones is 2. The average molecular weight is 1050 g/mol. The molecule has 70 heavy (non-hydrogen) atoms. The van der Waals surface area contributed by atoms with Crippen molar-refractivity contribution in [3.8, 4) is 11.5 Å². The van der Waals surface area contributed by atoms with Crippen LogP contribution in [0.2, 0.25) is 10.0 Å². The number of nitrogens with zero attached hydrogens (tertiary/aromatic N) is 4. The summed E-state index contributed by atoms with van der Waals surface area (Å²) in [6.07, 6.45) is 1.11. The lowest BCUT2D eigenvalue weighted by Gasteiger charge is -2.15. The predicted octanol–water partition coefficient (Wildman–Crippen LogP) is 12.0. The highest BCUT2D eigenvalue weighted by Crippen LogP contribution is 2.29. The van der Waals surface area contributed by atoms with Crippen LogP contribution in [0.3, 0.4) is 0 Å². The van der Waals surface area contributed by atoms with Gasteiger partial charge in [0.25, 0.3) is 23.6 Å². The van der Waals surface area contributed by atoms with Gasteiger partial charge >= 0.3 is 0 Å². The van der Waals surface area contributed by atoms with Gasteiger partial charge in [-0.2, -0.15) is 20.5 Å². The highest BCUT2D eigenvalue weighted by atomic mass is 35.5. The van der Waals surface area contributed by atoms with E-state index < -0.39 is 47.3 Å². The van der Waals surface area contributed by atoms with Crippen LogP contribution in [-0.2, 0) is 37.9 Å². The molecule has 0 aromatic heterocycles. The van der Waals surface area contributed by atoms with Crippen LogP contribution < -0.4 is 30.7 Å². The van der Waals surface area contributed by atoms with Crippen LogP contribution in [0.4, 0.5) is 34.1 Å². The maximum atomic E-state index is 13.5. The van der Waals surface area contributed by atoms with Gasteiger partial charge in [-0.25, -0.2) is 0 Å². The lowest BCUT2D eigenvalue weighted by molar-refractivity contribution is -0.127. The minimum Gasteiger partial charge on any atom is -0.494 e. The van der Waals surface area contributed by atoms with E-state index in [1.165, 1.54) is 54.6 Å². The number of anilines is 4. The fraction of sp³-hybridized carbons (Fsp3) is 0.265. The number of hydrogen-bond acceptors (Lipinski definition) is 12. The first kappa shape index (κ1) is 54.5. The van der Waals surface area contributed by atoms with Crippen LogP contribution >= 0.6 is 58.0 Å². The van der Waals surface area contributed by atoms with Gasteiger partial charge in [-0.05, 0) is 136 Å². The Hall–Kier alpha value is -6.43. The molecule has 0 saturated heterocycles. The number of alkyl halides is 3. The highest BCUT2D eigenvalue weighted by molar-refractivity contribution is 6.32. The van der Waals surface area contributed by atoms with Crippen molar-refractivity contribution >= 4 is 127 Å². The third kappa shape index (κ3) is 16.1. The molecule has 2 atom stereocenters. The summed E-state index contributed by atoms with van der Waals surface area (Å²) in [7, 11) is 0. The molecule has 0 bridgehead atoms. The number of nitrogens with one attached hydrogen (secondary N) is 4. The Bertz CT molecular complexity index is 2780. The summed E-state index contributed by atoms with van der Waals surface area (Å²) in [5.74, 6) is -2.33. The predicted molar refractivity (Wildman–Crippen MR) is 274 cm³/mol. The van der Waals surface area contributed by atoms with E-state index in [2.05, 4.69) is 41.7 Å². The summed E-state index contributed by atoms with van der Waals surface area (Å²) in [5.41, 5.74) is 3.78. The number of halogens is 5. The quantitative estimate of drug-likeness (QED) is 0.0279. The van der Waals surface area contributed by atoms with E-state index >= 15 is 0 Å². The van der Waals surface area contributed by atoms with Crippen molar-refractivity contribution in [3.05, 3.63) is 129 Å². The van der Waals surface area contributed by atoms with E-state index in [1.54, 1.807) is 24.3 Å². The largest absolute Gasteiger partial charge is 0.494 e. The van der Waals surface area contributed by atoms with E-state index in [0.29, 0.717) is 66.3 Å². The van der Waals surface area contributed by atoms with E-state index in [4.69, 9.17) is 67.5 Å². The molecule has 0 aliphatic carbocycles. The van der Waals surface area contributed by atoms with Crippen molar-refractivity contribution in [1.29, 1.82) is 0 Å². The topological polar surface area (TPSA) is 218 Å². The molecular weight excluding hydrogens is 1010 g/mol. The maximum absolute atomic E-state index is 13.5. The molecule has 0 heterocycles. The summed E-state index contributed by atoms with van der Waals surface area (Å²) in [6, 6.07) is 20.1.